The second-order valence-electron chi connectivity index (χ2n) is 5.91. The fraction of sp³-hybridized carbons (Fsp3) is 0.263. The van der Waals surface area contributed by atoms with Gasteiger partial charge < -0.3 is 21.1 Å². The van der Waals surface area contributed by atoms with Gasteiger partial charge in [-0.3, -0.25) is 4.79 Å². The van der Waals surface area contributed by atoms with Crippen molar-refractivity contribution >= 4 is 11.9 Å². The van der Waals surface area contributed by atoms with Crippen LogP contribution >= 0.6 is 0 Å². The Labute approximate surface area is 147 Å². The number of hydrogen-bond donors (Lipinski definition) is 3. The summed E-state index contributed by atoms with van der Waals surface area (Å²) < 4.78 is 5.59. The molecule has 0 aliphatic carbocycles. The van der Waals surface area contributed by atoms with E-state index in [4.69, 9.17) is 10.5 Å². The van der Waals surface area contributed by atoms with Crippen LogP contribution in [-0.2, 0) is 13.1 Å². The van der Waals surface area contributed by atoms with Crippen LogP contribution in [-0.4, -0.2) is 18.0 Å². The molecule has 0 heterocycles. The highest BCUT2D eigenvalue weighted by molar-refractivity contribution is 5.94. The summed E-state index contributed by atoms with van der Waals surface area (Å²) in [6.45, 7) is 4.72. The Morgan fingerprint density at radius 1 is 0.920 bits per heavy atom. The van der Waals surface area contributed by atoms with Crippen LogP contribution in [0.1, 0.15) is 35.3 Å². The molecule has 0 bridgehead atoms. The van der Waals surface area contributed by atoms with Crippen LogP contribution in [0, 0.1) is 0 Å². The van der Waals surface area contributed by atoms with E-state index >= 15 is 0 Å². The van der Waals surface area contributed by atoms with E-state index in [1.807, 2.05) is 38.1 Å². The molecule has 2 aromatic carbocycles. The predicted molar refractivity (Wildman–Crippen MR) is 96.2 cm³/mol. The maximum atomic E-state index is 12.2. The fourth-order valence-electron chi connectivity index (χ4n) is 2.21. The Morgan fingerprint density at radius 3 is 1.96 bits per heavy atom. The lowest BCUT2D eigenvalue weighted by molar-refractivity contribution is 0.0951. The van der Waals surface area contributed by atoms with Crippen LogP contribution in [0.5, 0.6) is 5.75 Å². The van der Waals surface area contributed by atoms with E-state index in [0.717, 1.165) is 16.9 Å². The number of ether oxygens (including phenoxy) is 1. The minimum Gasteiger partial charge on any atom is -0.491 e. The monoisotopic (exact) mass is 341 g/mol. The number of hydrogen-bond acceptors (Lipinski definition) is 3. The SMILES string of the molecule is CC(C)Oc1ccc(CNC(=O)c2ccc(CNC(N)=O)cc2)cc1. The minimum atomic E-state index is -0.577. The predicted octanol–water partition coefficient (Wildman–Crippen LogP) is 2.57. The lowest BCUT2D eigenvalue weighted by atomic mass is 10.1. The van der Waals surface area contributed by atoms with Crippen LogP contribution in [0.3, 0.4) is 0 Å². The molecule has 0 saturated heterocycles. The molecule has 0 spiro atoms. The van der Waals surface area contributed by atoms with Gasteiger partial charge in [-0.2, -0.15) is 0 Å². The zero-order valence-corrected chi connectivity index (χ0v) is 14.4. The highest BCUT2D eigenvalue weighted by Gasteiger charge is 2.06. The molecule has 4 N–H and O–H groups in total. The molecule has 3 amide bonds. The standard InChI is InChI=1S/C19H23N3O3/c1-13(2)25-17-9-5-15(6-10-17)11-21-18(23)16-7-3-14(4-8-16)12-22-19(20)24/h3-10,13H,11-12H2,1-2H3,(H,21,23)(H3,20,22,24). The Hall–Kier alpha value is -3.02. The van der Waals surface area contributed by atoms with Crippen LogP contribution < -0.4 is 21.1 Å². The van der Waals surface area contributed by atoms with Crippen LogP contribution in [0.4, 0.5) is 4.79 Å². The van der Waals surface area contributed by atoms with Crippen molar-refractivity contribution in [2.24, 2.45) is 5.73 Å². The highest BCUT2D eigenvalue weighted by atomic mass is 16.5. The first-order chi connectivity index (χ1) is 11.9. The van der Waals surface area contributed by atoms with Gasteiger partial charge in [-0.25, -0.2) is 4.79 Å². The van der Waals surface area contributed by atoms with E-state index < -0.39 is 6.03 Å². The first-order valence-electron chi connectivity index (χ1n) is 8.10. The Bertz CT molecular complexity index is 710. The van der Waals surface area contributed by atoms with Gasteiger partial charge in [0, 0.05) is 18.7 Å². The van der Waals surface area contributed by atoms with Crippen molar-refractivity contribution in [3.05, 3.63) is 65.2 Å². The van der Waals surface area contributed by atoms with E-state index in [-0.39, 0.29) is 12.0 Å². The maximum absolute atomic E-state index is 12.2. The van der Waals surface area contributed by atoms with E-state index in [1.165, 1.54) is 0 Å². The summed E-state index contributed by atoms with van der Waals surface area (Å²) in [7, 11) is 0. The van der Waals surface area contributed by atoms with Crippen molar-refractivity contribution in [2.45, 2.75) is 33.0 Å². The topological polar surface area (TPSA) is 93.4 Å². The number of rotatable bonds is 7. The third-order valence-corrected chi connectivity index (χ3v) is 3.43. The Morgan fingerprint density at radius 2 is 1.44 bits per heavy atom. The van der Waals surface area contributed by atoms with E-state index in [0.29, 0.717) is 18.7 Å². The van der Waals surface area contributed by atoms with Crippen LogP contribution in [0.25, 0.3) is 0 Å². The Kier molecular flexibility index (Phi) is 6.39. The second-order valence-corrected chi connectivity index (χ2v) is 5.91. The molecule has 6 heteroatoms. The Balaban J connectivity index is 1.86. The molecule has 0 aliphatic heterocycles. The van der Waals surface area contributed by atoms with E-state index in [1.54, 1.807) is 24.3 Å². The summed E-state index contributed by atoms with van der Waals surface area (Å²) in [5.74, 6) is 0.655. The molecule has 2 aromatic rings. The quantitative estimate of drug-likeness (QED) is 0.722. The van der Waals surface area contributed by atoms with Crippen LogP contribution in [0.2, 0.25) is 0 Å². The zero-order chi connectivity index (χ0) is 18.2. The number of primary amides is 1. The van der Waals surface area contributed by atoms with Gasteiger partial charge in [0.2, 0.25) is 0 Å². The summed E-state index contributed by atoms with van der Waals surface area (Å²) in [6.07, 6.45) is 0.131. The molecule has 0 radical (unpaired) electrons. The highest BCUT2D eigenvalue weighted by Crippen LogP contribution is 2.14. The molecule has 6 nitrogen and oxygen atoms in total. The fourth-order valence-corrected chi connectivity index (χ4v) is 2.21. The summed E-state index contributed by atoms with van der Waals surface area (Å²) in [4.78, 5) is 22.9. The van der Waals surface area contributed by atoms with Gasteiger partial charge in [0.15, 0.2) is 0 Å². The maximum Gasteiger partial charge on any atom is 0.312 e. The number of carbonyl (C=O) groups is 2. The normalized spacial score (nSPS) is 10.4. The van der Waals surface area contributed by atoms with Crippen molar-refractivity contribution in [1.29, 1.82) is 0 Å². The van der Waals surface area contributed by atoms with Gasteiger partial charge in [-0.1, -0.05) is 24.3 Å². The molecule has 132 valence electrons. The average Bonchev–Trinajstić information content (AvgIpc) is 2.59. The van der Waals surface area contributed by atoms with Crippen molar-refractivity contribution < 1.29 is 14.3 Å². The van der Waals surface area contributed by atoms with E-state index in [2.05, 4.69) is 10.6 Å². The van der Waals surface area contributed by atoms with Gasteiger partial charge >= 0.3 is 6.03 Å². The van der Waals surface area contributed by atoms with Gasteiger partial charge in [0.05, 0.1) is 6.10 Å². The summed E-state index contributed by atoms with van der Waals surface area (Å²) in [6, 6.07) is 14.1. The molecule has 25 heavy (non-hydrogen) atoms. The molecule has 0 aromatic heterocycles. The number of nitrogens with two attached hydrogens (primary N) is 1. The largest absolute Gasteiger partial charge is 0.491 e. The summed E-state index contributed by atoms with van der Waals surface area (Å²) in [5.41, 5.74) is 7.45. The first-order valence-corrected chi connectivity index (χ1v) is 8.10. The lowest BCUT2D eigenvalue weighted by Gasteiger charge is -2.10. The van der Waals surface area contributed by atoms with E-state index in [9.17, 15) is 9.59 Å². The molecule has 0 atom stereocenters. The second kappa shape index (κ2) is 8.73. The number of benzene rings is 2. The first kappa shape index (κ1) is 18.3. The molecule has 2 rings (SSSR count). The van der Waals surface area contributed by atoms with Crippen molar-refractivity contribution in [2.75, 3.05) is 0 Å². The molecular formula is C19H23N3O3. The van der Waals surface area contributed by atoms with Gasteiger partial charge in [0.1, 0.15) is 5.75 Å². The summed E-state index contributed by atoms with van der Waals surface area (Å²) >= 11 is 0. The number of amides is 3. The average molecular weight is 341 g/mol. The van der Waals surface area contributed by atoms with Crippen molar-refractivity contribution in [1.82, 2.24) is 10.6 Å². The minimum absolute atomic E-state index is 0.131. The molecule has 0 aliphatic rings. The van der Waals surface area contributed by atoms with Crippen molar-refractivity contribution in [3.8, 4) is 5.75 Å². The summed E-state index contributed by atoms with van der Waals surface area (Å²) in [5, 5.41) is 5.38. The van der Waals surface area contributed by atoms with Gasteiger partial charge in [-0.15, -0.1) is 0 Å². The molecule has 0 unspecified atom stereocenters. The van der Waals surface area contributed by atoms with Crippen molar-refractivity contribution in [3.63, 3.8) is 0 Å². The van der Waals surface area contributed by atoms with Crippen LogP contribution in [0.15, 0.2) is 48.5 Å². The molecule has 0 saturated carbocycles. The number of carbonyl (C=O) groups excluding carboxylic acids is 2. The van der Waals surface area contributed by atoms with Gasteiger partial charge in [0.25, 0.3) is 5.91 Å². The third-order valence-electron chi connectivity index (χ3n) is 3.43. The lowest BCUT2D eigenvalue weighted by Crippen LogP contribution is -2.28. The smallest absolute Gasteiger partial charge is 0.312 e. The molecule has 0 fully saturated rings. The number of urea groups is 1. The molecular weight excluding hydrogens is 318 g/mol. The third kappa shape index (κ3) is 6.18. The van der Waals surface area contributed by atoms with Gasteiger partial charge in [-0.05, 0) is 49.2 Å². The zero-order valence-electron chi connectivity index (χ0n) is 14.4. The number of nitrogens with one attached hydrogen (secondary N) is 2.